The Balaban J connectivity index is 3.15. The Bertz CT molecular complexity index is 66.1. The van der Waals surface area contributed by atoms with Gasteiger partial charge in [-0.1, -0.05) is 0 Å². The molecule has 1 unspecified atom stereocenters. The Morgan fingerprint density at radius 1 is 1.56 bits per heavy atom. The number of aliphatic hydroxyl groups excluding tert-OH is 1. The molecule has 0 rings (SSSR count). The molecule has 9 heavy (non-hydrogen) atoms. The van der Waals surface area contributed by atoms with Gasteiger partial charge in [-0.05, 0) is 14.1 Å². The average molecular weight is 133 g/mol. The van der Waals surface area contributed by atoms with E-state index < -0.39 is 0 Å². The first kappa shape index (κ1) is 8.88. The van der Waals surface area contributed by atoms with Crippen molar-refractivity contribution in [3.63, 3.8) is 0 Å². The standard InChI is InChI=1S/C6H15NO2/c1-7(2)4-6(8)5-9-3/h6,8H,4-5H2,1-3H3. The maximum absolute atomic E-state index is 9.05. The summed E-state index contributed by atoms with van der Waals surface area (Å²) in [5, 5.41) is 9.05. The summed E-state index contributed by atoms with van der Waals surface area (Å²) in [5.41, 5.74) is 0. The molecule has 0 aliphatic heterocycles. The molecule has 3 heteroatoms. The molecule has 0 saturated heterocycles. The Kier molecular flexibility index (Phi) is 4.67. The molecule has 0 radical (unpaired) electrons. The number of hydrogen-bond acceptors (Lipinski definition) is 3. The predicted molar refractivity (Wildman–Crippen MR) is 36.4 cm³/mol. The molecule has 0 saturated carbocycles. The molecule has 0 aromatic carbocycles. The van der Waals surface area contributed by atoms with Crippen LogP contribution in [0.25, 0.3) is 0 Å². The topological polar surface area (TPSA) is 32.7 Å². The van der Waals surface area contributed by atoms with Crippen LogP contribution < -0.4 is 0 Å². The molecule has 0 bridgehead atoms. The van der Waals surface area contributed by atoms with Gasteiger partial charge >= 0.3 is 0 Å². The van der Waals surface area contributed by atoms with Crippen molar-refractivity contribution in [1.82, 2.24) is 4.90 Å². The second-order valence-corrected chi connectivity index (χ2v) is 2.37. The van der Waals surface area contributed by atoms with Gasteiger partial charge in [0.25, 0.3) is 0 Å². The highest BCUT2D eigenvalue weighted by atomic mass is 16.5. The van der Waals surface area contributed by atoms with Crippen LogP contribution in [0.4, 0.5) is 0 Å². The molecule has 0 aromatic rings. The summed E-state index contributed by atoms with van der Waals surface area (Å²) in [7, 11) is 5.41. The van der Waals surface area contributed by atoms with E-state index in [1.165, 1.54) is 0 Å². The van der Waals surface area contributed by atoms with Gasteiger partial charge in [0.1, 0.15) is 0 Å². The second kappa shape index (κ2) is 4.73. The van der Waals surface area contributed by atoms with E-state index >= 15 is 0 Å². The summed E-state index contributed by atoms with van der Waals surface area (Å²) in [6.07, 6.45) is -0.356. The fourth-order valence-electron chi connectivity index (χ4n) is 0.667. The number of hydrogen-bond donors (Lipinski definition) is 1. The van der Waals surface area contributed by atoms with E-state index in [0.717, 1.165) is 0 Å². The normalized spacial score (nSPS) is 14.3. The molecule has 0 aliphatic carbocycles. The van der Waals surface area contributed by atoms with Gasteiger partial charge in [0.2, 0.25) is 0 Å². The van der Waals surface area contributed by atoms with Crippen LogP contribution in [0.15, 0.2) is 0 Å². The number of aliphatic hydroxyl groups is 1. The van der Waals surface area contributed by atoms with E-state index in [1.807, 2.05) is 19.0 Å². The van der Waals surface area contributed by atoms with Gasteiger partial charge in [0.15, 0.2) is 0 Å². The van der Waals surface area contributed by atoms with Crippen molar-refractivity contribution < 1.29 is 9.84 Å². The molecule has 0 aliphatic rings. The lowest BCUT2D eigenvalue weighted by Gasteiger charge is -2.14. The van der Waals surface area contributed by atoms with Gasteiger partial charge < -0.3 is 14.7 Å². The van der Waals surface area contributed by atoms with Crippen LogP contribution in [0.5, 0.6) is 0 Å². The molecule has 0 amide bonds. The van der Waals surface area contributed by atoms with Crippen LogP contribution in [0.2, 0.25) is 0 Å². The molecule has 0 fully saturated rings. The van der Waals surface area contributed by atoms with Gasteiger partial charge in [0.05, 0.1) is 12.7 Å². The predicted octanol–water partition coefficient (Wildman–Crippen LogP) is -0.445. The van der Waals surface area contributed by atoms with Gasteiger partial charge in [-0.2, -0.15) is 0 Å². The monoisotopic (exact) mass is 133 g/mol. The Labute approximate surface area is 56.2 Å². The zero-order valence-electron chi connectivity index (χ0n) is 6.29. The number of ether oxygens (including phenoxy) is 1. The van der Waals surface area contributed by atoms with Crippen LogP contribution in [0, 0.1) is 0 Å². The summed E-state index contributed by atoms with van der Waals surface area (Å²) < 4.78 is 4.73. The van der Waals surface area contributed by atoms with Crippen LogP contribution in [-0.2, 0) is 4.74 Å². The van der Waals surface area contributed by atoms with Crippen LogP contribution in [0.3, 0.4) is 0 Å². The van der Waals surface area contributed by atoms with E-state index in [1.54, 1.807) is 7.11 Å². The third-order valence-electron chi connectivity index (χ3n) is 0.935. The SMILES string of the molecule is COCC(O)CN(C)C. The summed E-state index contributed by atoms with van der Waals surface area (Å²) in [6, 6.07) is 0. The highest BCUT2D eigenvalue weighted by Gasteiger charge is 2.02. The quantitative estimate of drug-likeness (QED) is 0.564. The molecular formula is C6H15NO2. The van der Waals surface area contributed by atoms with Crippen LogP contribution >= 0.6 is 0 Å². The van der Waals surface area contributed by atoms with Crippen molar-refractivity contribution >= 4 is 0 Å². The first-order valence-electron chi connectivity index (χ1n) is 2.98. The zero-order valence-corrected chi connectivity index (χ0v) is 6.29. The third kappa shape index (κ3) is 5.76. The van der Waals surface area contributed by atoms with Gasteiger partial charge in [-0.3, -0.25) is 0 Å². The Morgan fingerprint density at radius 3 is 2.44 bits per heavy atom. The number of rotatable bonds is 4. The average Bonchev–Trinajstić information content (AvgIpc) is 1.63. The largest absolute Gasteiger partial charge is 0.389 e. The summed E-state index contributed by atoms with van der Waals surface area (Å²) in [5.74, 6) is 0. The molecule has 0 aromatic heterocycles. The van der Waals surface area contributed by atoms with Crippen molar-refractivity contribution in [1.29, 1.82) is 0 Å². The van der Waals surface area contributed by atoms with E-state index in [9.17, 15) is 0 Å². The summed E-state index contributed by atoms with van der Waals surface area (Å²) >= 11 is 0. The van der Waals surface area contributed by atoms with Crippen LogP contribution in [-0.4, -0.2) is 50.5 Å². The van der Waals surface area contributed by atoms with E-state index in [0.29, 0.717) is 13.2 Å². The van der Waals surface area contributed by atoms with Crippen LogP contribution in [0.1, 0.15) is 0 Å². The molecule has 3 nitrogen and oxygen atoms in total. The summed E-state index contributed by atoms with van der Waals surface area (Å²) in [4.78, 5) is 1.92. The fourth-order valence-corrected chi connectivity index (χ4v) is 0.667. The van der Waals surface area contributed by atoms with Gasteiger partial charge in [-0.15, -0.1) is 0 Å². The lowest BCUT2D eigenvalue weighted by atomic mass is 10.4. The smallest absolute Gasteiger partial charge is 0.0899 e. The van der Waals surface area contributed by atoms with Crippen molar-refractivity contribution in [2.75, 3.05) is 34.4 Å². The Hall–Kier alpha value is -0.120. The lowest BCUT2D eigenvalue weighted by molar-refractivity contribution is 0.0479. The van der Waals surface area contributed by atoms with Crippen molar-refractivity contribution in [2.45, 2.75) is 6.10 Å². The molecule has 1 atom stereocenters. The van der Waals surface area contributed by atoms with Crippen molar-refractivity contribution in [3.05, 3.63) is 0 Å². The third-order valence-corrected chi connectivity index (χ3v) is 0.935. The minimum Gasteiger partial charge on any atom is -0.389 e. The second-order valence-electron chi connectivity index (χ2n) is 2.37. The number of nitrogens with zero attached hydrogens (tertiary/aromatic N) is 1. The maximum Gasteiger partial charge on any atom is 0.0899 e. The Morgan fingerprint density at radius 2 is 2.11 bits per heavy atom. The molecular weight excluding hydrogens is 118 g/mol. The van der Waals surface area contributed by atoms with Gasteiger partial charge in [0, 0.05) is 13.7 Å². The minimum atomic E-state index is -0.356. The minimum absolute atomic E-state index is 0.356. The molecule has 56 valence electrons. The van der Waals surface area contributed by atoms with E-state index in [2.05, 4.69) is 0 Å². The summed E-state index contributed by atoms with van der Waals surface area (Å²) in [6.45, 7) is 1.08. The highest BCUT2D eigenvalue weighted by molar-refractivity contribution is 4.55. The van der Waals surface area contributed by atoms with Crippen molar-refractivity contribution in [2.24, 2.45) is 0 Å². The lowest BCUT2D eigenvalue weighted by Crippen LogP contribution is -2.29. The zero-order chi connectivity index (χ0) is 7.28. The molecule has 0 heterocycles. The van der Waals surface area contributed by atoms with Gasteiger partial charge in [-0.25, -0.2) is 0 Å². The first-order valence-corrected chi connectivity index (χ1v) is 2.98. The van der Waals surface area contributed by atoms with Crippen molar-refractivity contribution in [3.8, 4) is 0 Å². The number of likely N-dealkylation sites (N-methyl/N-ethyl adjacent to an activating group) is 1. The molecule has 0 spiro atoms. The fraction of sp³-hybridized carbons (Fsp3) is 1.00. The van der Waals surface area contributed by atoms with E-state index in [4.69, 9.17) is 9.84 Å². The van der Waals surface area contributed by atoms with E-state index in [-0.39, 0.29) is 6.10 Å². The highest BCUT2D eigenvalue weighted by Crippen LogP contribution is 1.85. The molecule has 1 N–H and O–H groups in total. The number of methoxy groups -OCH3 is 1. The maximum atomic E-state index is 9.05. The first-order chi connectivity index (χ1) is 4.16.